The summed E-state index contributed by atoms with van der Waals surface area (Å²) in [6.45, 7) is 4.85. The van der Waals surface area contributed by atoms with Crippen molar-refractivity contribution in [2.24, 2.45) is 0 Å². The van der Waals surface area contributed by atoms with Gasteiger partial charge in [-0.2, -0.15) is 0 Å². The summed E-state index contributed by atoms with van der Waals surface area (Å²) in [5.41, 5.74) is 0.307. The van der Waals surface area contributed by atoms with E-state index in [1.54, 1.807) is 12.1 Å². The highest BCUT2D eigenvalue weighted by atomic mass is 19.1. The zero-order valence-corrected chi connectivity index (χ0v) is 14.2. The number of halogens is 2. The fourth-order valence-electron chi connectivity index (χ4n) is 2.64. The van der Waals surface area contributed by atoms with Crippen molar-refractivity contribution in [1.29, 1.82) is 0 Å². The van der Waals surface area contributed by atoms with E-state index in [1.807, 2.05) is 0 Å². The molecular formula is C18H20F2N4O2. The minimum Gasteiger partial charge on any atom is -0.384 e. The number of aromatic nitrogens is 1. The number of carbonyl (C=O) groups is 1. The van der Waals surface area contributed by atoms with E-state index in [9.17, 15) is 13.6 Å². The van der Waals surface area contributed by atoms with Gasteiger partial charge in [-0.15, -0.1) is 0 Å². The molecule has 2 aromatic rings. The lowest BCUT2D eigenvalue weighted by Gasteiger charge is -2.26. The smallest absolute Gasteiger partial charge is 0.274 e. The van der Waals surface area contributed by atoms with Crippen LogP contribution in [0.4, 0.5) is 20.2 Å². The van der Waals surface area contributed by atoms with Crippen molar-refractivity contribution >= 4 is 17.3 Å². The molecule has 1 aliphatic rings. The standard InChI is InChI=1S/C18H20F2N4O2/c19-14-2-1-3-15(20)17(14)23-18(25)16-12-13(4-5-22-16)21-6-7-24-8-10-26-11-9-24/h1-5,12H,6-11H2,(H,21,22)(H,23,25). The summed E-state index contributed by atoms with van der Waals surface area (Å²) in [7, 11) is 0. The number of hydrogen-bond acceptors (Lipinski definition) is 5. The minimum atomic E-state index is -0.835. The maximum absolute atomic E-state index is 13.6. The Hall–Kier alpha value is -2.58. The van der Waals surface area contributed by atoms with Crippen LogP contribution in [-0.2, 0) is 4.74 Å². The summed E-state index contributed by atoms with van der Waals surface area (Å²) in [5.74, 6) is -2.35. The largest absolute Gasteiger partial charge is 0.384 e. The normalized spacial score (nSPS) is 14.8. The van der Waals surface area contributed by atoms with E-state index in [4.69, 9.17) is 4.74 Å². The summed E-state index contributed by atoms with van der Waals surface area (Å²) in [4.78, 5) is 18.5. The van der Waals surface area contributed by atoms with E-state index >= 15 is 0 Å². The zero-order chi connectivity index (χ0) is 18.4. The summed E-state index contributed by atoms with van der Waals surface area (Å²) < 4.78 is 32.6. The number of hydrogen-bond donors (Lipinski definition) is 2. The number of ether oxygens (including phenoxy) is 1. The van der Waals surface area contributed by atoms with E-state index in [2.05, 4.69) is 20.5 Å². The lowest BCUT2D eigenvalue weighted by molar-refractivity contribution is 0.0398. The molecule has 1 saturated heterocycles. The molecule has 1 aliphatic heterocycles. The second-order valence-electron chi connectivity index (χ2n) is 5.86. The molecule has 138 valence electrons. The van der Waals surface area contributed by atoms with Crippen molar-refractivity contribution in [3.8, 4) is 0 Å². The van der Waals surface area contributed by atoms with Crippen molar-refractivity contribution in [2.45, 2.75) is 0 Å². The predicted octanol–water partition coefficient (Wildman–Crippen LogP) is 2.36. The van der Waals surface area contributed by atoms with Gasteiger partial charge in [0.15, 0.2) is 0 Å². The molecule has 0 atom stereocenters. The first-order chi connectivity index (χ1) is 12.6. The molecular weight excluding hydrogens is 342 g/mol. The van der Waals surface area contributed by atoms with Gasteiger partial charge < -0.3 is 15.4 Å². The van der Waals surface area contributed by atoms with Crippen LogP contribution in [0, 0.1) is 11.6 Å². The zero-order valence-electron chi connectivity index (χ0n) is 14.2. The van der Waals surface area contributed by atoms with Gasteiger partial charge in [-0.25, -0.2) is 8.78 Å². The van der Waals surface area contributed by atoms with E-state index < -0.39 is 23.2 Å². The number of pyridine rings is 1. The molecule has 0 aliphatic carbocycles. The van der Waals surface area contributed by atoms with Gasteiger partial charge in [0, 0.05) is 38.1 Å². The lowest BCUT2D eigenvalue weighted by atomic mass is 10.2. The molecule has 26 heavy (non-hydrogen) atoms. The molecule has 1 aromatic carbocycles. The number of nitrogens with one attached hydrogen (secondary N) is 2. The van der Waals surface area contributed by atoms with E-state index in [-0.39, 0.29) is 5.69 Å². The topological polar surface area (TPSA) is 66.5 Å². The molecule has 1 fully saturated rings. The first kappa shape index (κ1) is 18.2. The van der Waals surface area contributed by atoms with Crippen molar-refractivity contribution in [2.75, 3.05) is 50.0 Å². The molecule has 6 nitrogen and oxygen atoms in total. The number of anilines is 2. The van der Waals surface area contributed by atoms with Crippen LogP contribution in [0.25, 0.3) is 0 Å². The van der Waals surface area contributed by atoms with E-state index in [1.165, 1.54) is 12.3 Å². The van der Waals surface area contributed by atoms with Gasteiger partial charge in [0.25, 0.3) is 5.91 Å². The Morgan fingerprint density at radius 2 is 1.92 bits per heavy atom. The SMILES string of the molecule is O=C(Nc1c(F)cccc1F)c1cc(NCCN2CCOCC2)ccn1. The lowest BCUT2D eigenvalue weighted by Crippen LogP contribution is -2.39. The van der Waals surface area contributed by atoms with Crippen molar-refractivity contribution in [1.82, 2.24) is 9.88 Å². The number of para-hydroxylation sites is 1. The summed E-state index contributed by atoms with van der Waals surface area (Å²) in [6, 6.07) is 6.68. The summed E-state index contributed by atoms with van der Waals surface area (Å²) >= 11 is 0. The Balaban J connectivity index is 1.58. The first-order valence-corrected chi connectivity index (χ1v) is 8.39. The van der Waals surface area contributed by atoms with Gasteiger partial charge in [0.2, 0.25) is 0 Å². The number of morpholine rings is 1. The molecule has 0 bridgehead atoms. The molecule has 0 saturated carbocycles. The third kappa shape index (κ3) is 4.74. The van der Waals surface area contributed by atoms with Crippen LogP contribution < -0.4 is 10.6 Å². The average Bonchev–Trinajstić information content (AvgIpc) is 2.66. The number of amides is 1. The van der Waals surface area contributed by atoms with Crippen LogP contribution in [-0.4, -0.2) is 55.2 Å². The van der Waals surface area contributed by atoms with E-state index in [0.717, 1.165) is 45.0 Å². The average molecular weight is 362 g/mol. The fourth-order valence-corrected chi connectivity index (χ4v) is 2.64. The van der Waals surface area contributed by atoms with E-state index in [0.29, 0.717) is 12.2 Å². The van der Waals surface area contributed by atoms with Gasteiger partial charge in [0.1, 0.15) is 23.0 Å². The number of benzene rings is 1. The molecule has 3 rings (SSSR count). The van der Waals surface area contributed by atoms with Crippen LogP contribution in [0.3, 0.4) is 0 Å². The number of nitrogens with zero attached hydrogens (tertiary/aromatic N) is 2. The van der Waals surface area contributed by atoms with Crippen LogP contribution in [0.15, 0.2) is 36.5 Å². The minimum absolute atomic E-state index is 0.0732. The Morgan fingerprint density at radius 1 is 1.19 bits per heavy atom. The molecule has 8 heteroatoms. The van der Waals surface area contributed by atoms with Crippen LogP contribution in [0.2, 0.25) is 0 Å². The van der Waals surface area contributed by atoms with Gasteiger partial charge in [-0.1, -0.05) is 6.07 Å². The van der Waals surface area contributed by atoms with Gasteiger partial charge in [-0.05, 0) is 24.3 Å². The number of carbonyl (C=O) groups excluding carboxylic acids is 1. The third-order valence-corrected chi connectivity index (χ3v) is 4.05. The molecule has 2 heterocycles. The second kappa shape index (κ2) is 8.68. The quantitative estimate of drug-likeness (QED) is 0.826. The fraction of sp³-hybridized carbons (Fsp3) is 0.333. The molecule has 0 radical (unpaired) electrons. The van der Waals surface area contributed by atoms with Crippen LogP contribution in [0.1, 0.15) is 10.5 Å². The number of rotatable bonds is 6. The Morgan fingerprint density at radius 3 is 2.65 bits per heavy atom. The maximum Gasteiger partial charge on any atom is 0.274 e. The van der Waals surface area contributed by atoms with Gasteiger partial charge in [0.05, 0.1) is 13.2 Å². The molecule has 0 spiro atoms. The third-order valence-electron chi connectivity index (χ3n) is 4.05. The molecule has 0 unspecified atom stereocenters. The second-order valence-corrected chi connectivity index (χ2v) is 5.86. The Bertz CT molecular complexity index is 746. The predicted molar refractivity (Wildman–Crippen MR) is 94.3 cm³/mol. The first-order valence-electron chi connectivity index (χ1n) is 8.39. The van der Waals surface area contributed by atoms with Crippen molar-refractivity contribution in [3.05, 3.63) is 53.9 Å². The Kier molecular flexibility index (Phi) is 6.08. The Labute approximate surface area is 150 Å². The maximum atomic E-state index is 13.6. The monoisotopic (exact) mass is 362 g/mol. The summed E-state index contributed by atoms with van der Waals surface area (Å²) in [5, 5.41) is 5.45. The molecule has 1 aromatic heterocycles. The van der Waals surface area contributed by atoms with Gasteiger partial charge in [-0.3, -0.25) is 14.7 Å². The highest BCUT2D eigenvalue weighted by molar-refractivity contribution is 6.03. The van der Waals surface area contributed by atoms with Crippen LogP contribution in [0.5, 0.6) is 0 Å². The van der Waals surface area contributed by atoms with Crippen molar-refractivity contribution < 1.29 is 18.3 Å². The highest BCUT2D eigenvalue weighted by Gasteiger charge is 2.15. The van der Waals surface area contributed by atoms with Crippen molar-refractivity contribution in [3.63, 3.8) is 0 Å². The molecule has 2 N–H and O–H groups in total. The molecule has 1 amide bonds. The highest BCUT2D eigenvalue weighted by Crippen LogP contribution is 2.19. The van der Waals surface area contributed by atoms with Crippen LogP contribution >= 0.6 is 0 Å². The van der Waals surface area contributed by atoms with Gasteiger partial charge >= 0.3 is 0 Å². The summed E-state index contributed by atoms with van der Waals surface area (Å²) in [6.07, 6.45) is 1.48.